The summed E-state index contributed by atoms with van der Waals surface area (Å²) in [7, 11) is -1.33. The molecule has 2 atom stereocenters. The monoisotopic (exact) mass is 473 g/mol. The van der Waals surface area contributed by atoms with Gasteiger partial charge in [0.1, 0.15) is 6.10 Å². The van der Waals surface area contributed by atoms with Crippen LogP contribution in [0.2, 0.25) is 0 Å². The summed E-state index contributed by atoms with van der Waals surface area (Å²) in [6.07, 6.45) is 9.01. The second kappa shape index (κ2) is 9.41. The molecule has 0 amide bonds. The standard InChI is InChI=1S/C27H27N3O3S/c1-27(18-28)14-13-22(15-24(27)21-7-5-4-6-8-21)26(25-16-29-19-30(25)2)33-17-20-9-11-23(12-10-20)34(3,31)32/h4-13,15-16,19,26H,14,17H2,1-3H3. The highest BCUT2D eigenvalue weighted by molar-refractivity contribution is 7.90. The number of hydrogen-bond acceptors (Lipinski definition) is 5. The van der Waals surface area contributed by atoms with Crippen molar-refractivity contribution in [1.82, 2.24) is 9.55 Å². The smallest absolute Gasteiger partial charge is 0.175 e. The van der Waals surface area contributed by atoms with Crippen LogP contribution in [0.25, 0.3) is 5.57 Å². The molecule has 0 radical (unpaired) electrons. The van der Waals surface area contributed by atoms with Crippen molar-refractivity contribution in [3.63, 3.8) is 0 Å². The summed E-state index contributed by atoms with van der Waals surface area (Å²) in [6.45, 7) is 2.25. The lowest BCUT2D eigenvalue weighted by atomic mass is 9.72. The molecule has 4 rings (SSSR count). The molecule has 0 fully saturated rings. The van der Waals surface area contributed by atoms with Gasteiger partial charge < -0.3 is 9.30 Å². The van der Waals surface area contributed by atoms with Crippen LogP contribution in [0.3, 0.4) is 0 Å². The molecule has 1 heterocycles. The van der Waals surface area contributed by atoms with Crippen molar-refractivity contribution in [2.45, 2.75) is 31.0 Å². The number of ether oxygens (including phenoxy) is 1. The minimum Gasteiger partial charge on any atom is -0.363 e. The number of hydrogen-bond donors (Lipinski definition) is 0. The van der Waals surface area contributed by atoms with Gasteiger partial charge in [-0.3, -0.25) is 0 Å². The maximum atomic E-state index is 11.8. The number of nitriles is 1. The number of benzene rings is 2. The predicted molar refractivity (Wildman–Crippen MR) is 131 cm³/mol. The first-order chi connectivity index (χ1) is 16.2. The topological polar surface area (TPSA) is 85.0 Å². The quantitative estimate of drug-likeness (QED) is 0.481. The van der Waals surface area contributed by atoms with E-state index in [4.69, 9.17) is 4.74 Å². The second-order valence-electron chi connectivity index (χ2n) is 8.81. The van der Waals surface area contributed by atoms with Crippen molar-refractivity contribution in [3.8, 4) is 6.07 Å². The van der Waals surface area contributed by atoms with Crippen LogP contribution in [0.1, 0.15) is 36.3 Å². The van der Waals surface area contributed by atoms with Crippen LogP contribution in [-0.4, -0.2) is 24.2 Å². The summed E-state index contributed by atoms with van der Waals surface area (Å²) in [5.41, 5.74) is 4.05. The van der Waals surface area contributed by atoms with E-state index >= 15 is 0 Å². The van der Waals surface area contributed by atoms with Crippen molar-refractivity contribution in [3.05, 3.63) is 102 Å². The summed E-state index contributed by atoms with van der Waals surface area (Å²) in [6, 6.07) is 19.2. The Hall–Kier alpha value is -3.47. The lowest BCUT2D eigenvalue weighted by molar-refractivity contribution is 0.0612. The largest absolute Gasteiger partial charge is 0.363 e. The van der Waals surface area contributed by atoms with Crippen LogP contribution in [0.4, 0.5) is 0 Å². The lowest BCUT2D eigenvalue weighted by Crippen LogP contribution is -2.21. The molecule has 34 heavy (non-hydrogen) atoms. The van der Waals surface area contributed by atoms with Crippen molar-refractivity contribution in [2.24, 2.45) is 12.5 Å². The summed E-state index contributed by atoms with van der Waals surface area (Å²) in [5.74, 6) is 0. The molecule has 6 nitrogen and oxygen atoms in total. The molecule has 0 saturated carbocycles. The summed E-state index contributed by atoms with van der Waals surface area (Å²) < 4.78 is 31.8. The molecule has 0 saturated heterocycles. The normalized spacial score (nSPS) is 19.1. The number of nitrogens with zero attached hydrogens (tertiary/aromatic N) is 3. The van der Waals surface area contributed by atoms with E-state index in [9.17, 15) is 13.7 Å². The molecule has 174 valence electrons. The van der Waals surface area contributed by atoms with Gasteiger partial charge in [-0.15, -0.1) is 0 Å². The highest BCUT2D eigenvalue weighted by atomic mass is 32.2. The van der Waals surface area contributed by atoms with Gasteiger partial charge in [0, 0.05) is 13.3 Å². The third-order valence-electron chi connectivity index (χ3n) is 6.18. The SMILES string of the molecule is Cn1cncc1C(OCc1ccc(S(C)(=O)=O)cc1)C1=CCC(C)(C#N)C(c2ccccc2)=C1. The van der Waals surface area contributed by atoms with E-state index in [0.29, 0.717) is 13.0 Å². The Bertz CT molecular complexity index is 1380. The number of sulfone groups is 1. The molecule has 0 spiro atoms. The maximum absolute atomic E-state index is 11.8. The number of imidazole rings is 1. The Morgan fingerprint density at radius 2 is 1.88 bits per heavy atom. The summed E-state index contributed by atoms with van der Waals surface area (Å²) in [5, 5.41) is 9.96. The summed E-state index contributed by atoms with van der Waals surface area (Å²) in [4.78, 5) is 4.55. The first kappa shape index (κ1) is 23.7. The maximum Gasteiger partial charge on any atom is 0.175 e. The minimum atomic E-state index is -3.25. The fourth-order valence-corrected chi connectivity index (χ4v) is 4.74. The molecule has 1 aliphatic carbocycles. The van der Waals surface area contributed by atoms with E-state index in [-0.39, 0.29) is 4.90 Å². The van der Waals surface area contributed by atoms with Crippen molar-refractivity contribution < 1.29 is 13.2 Å². The Morgan fingerprint density at radius 3 is 2.47 bits per heavy atom. The Morgan fingerprint density at radius 1 is 1.18 bits per heavy atom. The fourth-order valence-electron chi connectivity index (χ4n) is 4.11. The molecule has 0 aliphatic heterocycles. The van der Waals surface area contributed by atoms with E-state index in [1.54, 1.807) is 36.8 Å². The first-order valence-electron chi connectivity index (χ1n) is 11.0. The molecular weight excluding hydrogens is 446 g/mol. The van der Waals surface area contributed by atoms with Gasteiger partial charge in [-0.1, -0.05) is 54.6 Å². The van der Waals surface area contributed by atoms with E-state index in [2.05, 4.69) is 23.2 Å². The van der Waals surface area contributed by atoms with Gasteiger partial charge in [0.2, 0.25) is 0 Å². The molecular formula is C27H27N3O3S. The van der Waals surface area contributed by atoms with Gasteiger partial charge in [0.25, 0.3) is 0 Å². The average molecular weight is 474 g/mol. The Kier molecular flexibility index (Phi) is 6.56. The second-order valence-corrected chi connectivity index (χ2v) is 10.8. The highest BCUT2D eigenvalue weighted by Gasteiger charge is 2.34. The van der Waals surface area contributed by atoms with Crippen LogP contribution in [0.5, 0.6) is 0 Å². The molecule has 1 aliphatic rings. The van der Waals surface area contributed by atoms with Crippen LogP contribution in [0, 0.1) is 16.7 Å². The van der Waals surface area contributed by atoms with Crippen LogP contribution in [0.15, 0.2) is 89.7 Å². The van der Waals surface area contributed by atoms with E-state index in [0.717, 1.165) is 28.0 Å². The summed E-state index contributed by atoms with van der Waals surface area (Å²) >= 11 is 0. The Balaban J connectivity index is 1.67. The highest BCUT2D eigenvalue weighted by Crippen LogP contribution is 2.44. The van der Waals surface area contributed by atoms with Gasteiger partial charge in [0.15, 0.2) is 9.84 Å². The van der Waals surface area contributed by atoms with E-state index in [1.165, 1.54) is 6.26 Å². The zero-order valence-electron chi connectivity index (χ0n) is 19.5. The molecule has 2 unspecified atom stereocenters. The molecule has 3 aromatic rings. The fraction of sp³-hybridized carbons (Fsp3) is 0.259. The number of allylic oxidation sites excluding steroid dienone is 2. The van der Waals surface area contributed by atoms with Crippen molar-refractivity contribution in [1.29, 1.82) is 5.26 Å². The molecule has 0 bridgehead atoms. The third-order valence-corrected chi connectivity index (χ3v) is 7.30. The lowest BCUT2D eigenvalue weighted by Gasteiger charge is -2.31. The molecule has 7 heteroatoms. The van der Waals surface area contributed by atoms with Crippen molar-refractivity contribution in [2.75, 3.05) is 6.26 Å². The minimum absolute atomic E-state index is 0.278. The van der Waals surface area contributed by atoms with Crippen molar-refractivity contribution >= 4 is 15.4 Å². The van der Waals surface area contributed by atoms with Gasteiger partial charge in [-0.2, -0.15) is 5.26 Å². The average Bonchev–Trinajstić information content (AvgIpc) is 3.26. The predicted octanol–water partition coefficient (Wildman–Crippen LogP) is 5.03. The van der Waals surface area contributed by atoms with Gasteiger partial charge in [-0.05, 0) is 47.8 Å². The van der Waals surface area contributed by atoms with Gasteiger partial charge >= 0.3 is 0 Å². The van der Waals surface area contributed by atoms with E-state index in [1.807, 2.05) is 48.9 Å². The molecule has 1 aromatic heterocycles. The van der Waals surface area contributed by atoms with E-state index < -0.39 is 21.4 Å². The number of aromatic nitrogens is 2. The van der Waals surface area contributed by atoms with Gasteiger partial charge in [0.05, 0.1) is 41.2 Å². The first-order valence-corrected chi connectivity index (χ1v) is 12.9. The molecule has 2 aromatic carbocycles. The molecule has 0 N–H and O–H groups in total. The number of aryl methyl sites for hydroxylation is 1. The third kappa shape index (κ3) is 4.89. The van der Waals surface area contributed by atoms with Gasteiger partial charge in [-0.25, -0.2) is 13.4 Å². The zero-order valence-corrected chi connectivity index (χ0v) is 20.3. The van der Waals surface area contributed by atoms with Crippen LogP contribution < -0.4 is 0 Å². The number of rotatable bonds is 7. The van der Waals surface area contributed by atoms with Crippen LogP contribution in [-0.2, 0) is 28.2 Å². The zero-order chi connectivity index (χ0) is 24.3. The van der Waals surface area contributed by atoms with Crippen LogP contribution >= 0.6 is 0 Å². The Labute approximate surface area is 200 Å².